The number of nitrogens with one attached hydrogen (secondary N) is 2. The molecule has 13 heteroatoms. The number of ether oxygens (including phenoxy) is 1. The van der Waals surface area contributed by atoms with E-state index >= 15 is 4.39 Å². The van der Waals surface area contributed by atoms with E-state index in [1.165, 1.54) is 24.1 Å². The fourth-order valence-corrected chi connectivity index (χ4v) is 5.50. The van der Waals surface area contributed by atoms with E-state index in [4.69, 9.17) is 9.72 Å². The van der Waals surface area contributed by atoms with Crippen LogP contribution in [0.2, 0.25) is 0 Å². The van der Waals surface area contributed by atoms with E-state index in [2.05, 4.69) is 20.8 Å². The van der Waals surface area contributed by atoms with Gasteiger partial charge < -0.3 is 25.4 Å². The number of aryl methyl sites for hydroxylation is 1. The van der Waals surface area contributed by atoms with E-state index < -0.39 is 11.9 Å². The average molecular weight is 563 g/mol. The summed E-state index contributed by atoms with van der Waals surface area (Å²) in [6.45, 7) is 3.74. The van der Waals surface area contributed by atoms with Gasteiger partial charge in [-0.05, 0) is 43.9 Å². The Morgan fingerprint density at radius 2 is 1.88 bits per heavy atom. The summed E-state index contributed by atoms with van der Waals surface area (Å²) in [5.74, 6) is -0.155. The molecular formula is C28H31FN8O4. The number of carbonyl (C=O) groups is 2. The van der Waals surface area contributed by atoms with Crippen LogP contribution < -0.4 is 10.6 Å². The molecular weight excluding hydrogens is 531 g/mol. The molecule has 2 aliphatic rings. The van der Waals surface area contributed by atoms with Crippen LogP contribution in [0.4, 0.5) is 15.0 Å². The predicted octanol–water partition coefficient (Wildman–Crippen LogP) is 3.58. The van der Waals surface area contributed by atoms with E-state index in [9.17, 15) is 14.7 Å². The maximum atomic E-state index is 15.4. The number of rotatable bonds is 6. The third-order valence-electron chi connectivity index (χ3n) is 7.82. The zero-order chi connectivity index (χ0) is 28.7. The number of carbonyl (C=O) groups excluding carboxylic acids is 1. The van der Waals surface area contributed by atoms with Crippen LogP contribution in [0.3, 0.4) is 0 Å². The van der Waals surface area contributed by atoms with Gasteiger partial charge in [-0.1, -0.05) is 0 Å². The second-order valence-corrected chi connectivity index (χ2v) is 10.5. The first-order valence-corrected chi connectivity index (χ1v) is 13.6. The van der Waals surface area contributed by atoms with Crippen LogP contribution in [0.15, 0.2) is 36.9 Å². The van der Waals surface area contributed by atoms with Crippen LogP contribution in [0.5, 0.6) is 0 Å². The minimum atomic E-state index is -0.899. The number of anilines is 1. The quantitative estimate of drug-likeness (QED) is 0.324. The molecule has 41 heavy (non-hydrogen) atoms. The van der Waals surface area contributed by atoms with Crippen LogP contribution in [-0.2, 0) is 4.74 Å². The first-order chi connectivity index (χ1) is 19.8. The number of hydrogen-bond donors (Lipinski definition) is 3. The molecule has 5 heterocycles. The largest absolute Gasteiger partial charge is 0.465 e. The molecule has 1 aromatic carbocycles. The molecule has 0 radical (unpaired) electrons. The van der Waals surface area contributed by atoms with Crippen molar-refractivity contribution >= 4 is 23.5 Å². The van der Waals surface area contributed by atoms with Crippen LogP contribution in [-0.4, -0.2) is 85.8 Å². The summed E-state index contributed by atoms with van der Waals surface area (Å²) in [6.07, 6.45) is 8.39. The lowest BCUT2D eigenvalue weighted by Gasteiger charge is -2.30. The summed E-state index contributed by atoms with van der Waals surface area (Å²) in [5, 5.41) is 24.4. The standard InChI is InChI=1S/C28H31FN8O4/c1-16-9-17(27(38)30-2)10-21(24(16)29)22-12-32-37-14-23(25(34-26(22)37)33-19-5-8-41-15-19)18-11-31-36(13-18)20-3-6-35(7-4-20)28(39)40/h9-14,19-20H,3-8,15H2,1-2H3,(H,30,38)(H,33,34)(H,39,40)/t19-/m0/s1. The number of halogens is 1. The van der Waals surface area contributed by atoms with Crippen molar-refractivity contribution in [3.8, 4) is 22.3 Å². The minimum Gasteiger partial charge on any atom is -0.465 e. The molecule has 3 N–H and O–H groups in total. The van der Waals surface area contributed by atoms with Crippen LogP contribution in [0.1, 0.15) is 41.2 Å². The van der Waals surface area contributed by atoms with Crippen molar-refractivity contribution in [3.63, 3.8) is 0 Å². The molecule has 214 valence electrons. The van der Waals surface area contributed by atoms with Gasteiger partial charge in [0.2, 0.25) is 0 Å². The molecule has 2 fully saturated rings. The number of benzene rings is 1. The molecule has 0 bridgehead atoms. The van der Waals surface area contributed by atoms with Gasteiger partial charge in [-0.15, -0.1) is 0 Å². The Morgan fingerprint density at radius 3 is 2.59 bits per heavy atom. The molecule has 12 nitrogen and oxygen atoms in total. The Labute approximate surface area is 235 Å². The maximum Gasteiger partial charge on any atom is 0.407 e. The number of piperidine rings is 1. The summed E-state index contributed by atoms with van der Waals surface area (Å²) in [5.41, 5.74) is 3.44. The third kappa shape index (κ3) is 5.08. The van der Waals surface area contributed by atoms with Gasteiger partial charge in [0, 0.05) is 67.0 Å². The van der Waals surface area contributed by atoms with Crippen molar-refractivity contribution in [3.05, 3.63) is 53.9 Å². The second-order valence-electron chi connectivity index (χ2n) is 10.5. The molecule has 0 saturated carbocycles. The van der Waals surface area contributed by atoms with Crippen molar-refractivity contribution in [2.45, 2.75) is 38.3 Å². The van der Waals surface area contributed by atoms with Crippen LogP contribution in [0.25, 0.3) is 27.9 Å². The van der Waals surface area contributed by atoms with Gasteiger partial charge in [-0.3, -0.25) is 9.48 Å². The molecule has 0 aliphatic carbocycles. The fourth-order valence-electron chi connectivity index (χ4n) is 5.50. The lowest BCUT2D eigenvalue weighted by molar-refractivity contribution is 0.0962. The van der Waals surface area contributed by atoms with Gasteiger partial charge in [0.1, 0.15) is 11.6 Å². The van der Waals surface area contributed by atoms with E-state index in [1.54, 1.807) is 23.8 Å². The summed E-state index contributed by atoms with van der Waals surface area (Å²) >= 11 is 0. The molecule has 1 atom stereocenters. The number of amides is 2. The Bertz CT molecular complexity index is 1620. The van der Waals surface area contributed by atoms with Gasteiger partial charge in [0.15, 0.2) is 5.65 Å². The topological polar surface area (TPSA) is 139 Å². The molecule has 0 unspecified atom stereocenters. The third-order valence-corrected chi connectivity index (χ3v) is 7.82. The van der Waals surface area contributed by atoms with Gasteiger partial charge >= 0.3 is 6.09 Å². The molecule has 3 aromatic heterocycles. The van der Waals surface area contributed by atoms with Crippen molar-refractivity contribution in [2.75, 3.05) is 38.7 Å². The van der Waals surface area contributed by atoms with Crippen molar-refractivity contribution < 1.29 is 23.8 Å². The summed E-state index contributed by atoms with van der Waals surface area (Å²) in [7, 11) is 1.53. The SMILES string of the molecule is CNC(=O)c1cc(C)c(F)c(-c2cnn3cc(-c4cnn(C5CCN(C(=O)O)CC5)c4)c(N[C@H]4CCOC4)nc23)c1. The van der Waals surface area contributed by atoms with E-state index in [0.29, 0.717) is 67.3 Å². The highest BCUT2D eigenvalue weighted by atomic mass is 19.1. The average Bonchev–Trinajstić information content (AvgIpc) is 3.75. The summed E-state index contributed by atoms with van der Waals surface area (Å²) in [4.78, 5) is 30.0. The van der Waals surface area contributed by atoms with Gasteiger partial charge in [-0.2, -0.15) is 10.2 Å². The molecule has 4 aromatic rings. The highest BCUT2D eigenvalue weighted by molar-refractivity contribution is 5.96. The number of hydrogen-bond acceptors (Lipinski definition) is 7. The van der Waals surface area contributed by atoms with Crippen LogP contribution in [0, 0.1) is 12.7 Å². The van der Waals surface area contributed by atoms with Crippen molar-refractivity contribution in [1.82, 2.24) is 34.6 Å². The molecule has 2 saturated heterocycles. The van der Waals surface area contributed by atoms with Gasteiger partial charge in [-0.25, -0.2) is 18.7 Å². The smallest absolute Gasteiger partial charge is 0.407 e. The lowest BCUT2D eigenvalue weighted by Crippen LogP contribution is -2.38. The first kappa shape index (κ1) is 26.7. The number of aromatic nitrogens is 5. The minimum absolute atomic E-state index is 0.0565. The Kier molecular flexibility index (Phi) is 7.03. The lowest BCUT2D eigenvalue weighted by atomic mass is 10.0. The number of nitrogens with zero attached hydrogens (tertiary/aromatic N) is 6. The highest BCUT2D eigenvalue weighted by Crippen LogP contribution is 2.34. The zero-order valence-corrected chi connectivity index (χ0v) is 22.8. The molecule has 0 spiro atoms. The van der Waals surface area contributed by atoms with Gasteiger partial charge in [0.05, 0.1) is 31.1 Å². The summed E-state index contributed by atoms with van der Waals surface area (Å²) < 4.78 is 24.4. The number of fused-ring (bicyclic) bond motifs is 1. The highest BCUT2D eigenvalue weighted by Gasteiger charge is 2.26. The predicted molar refractivity (Wildman–Crippen MR) is 148 cm³/mol. The Morgan fingerprint density at radius 1 is 1.07 bits per heavy atom. The monoisotopic (exact) mass is 562 g/mol. The van der Waals surface area contributed by atoms with Gasteiger partial charge in [0.25, 0.3) is 5.91 Å². The Hall–Kier alpha value is -4.52. The summed E-state index contributed by atoms with van der Waals surface area (Å²) in [6, 6.07) is 3.18. The normalized spacial score (nSPS) is 17.7. The van der Waals surface area contributed by atoms with E-state index in [-0.39, 0.29) is 23.6 Å². The number of likely N-dealkylation sites (tertiary alicyclic amines) is 1. The second kappa shape index (κ2) is 10.8. The molecule has 2 amide bonds. The molecule has 6 rings (SSSR count). The maximum absolute atomic E-state index is 15.4. The van der Waals surface area contributed by atoms with Crippen LogP contribution >= 0.6 is 0 Å². The molecule has 2 aliphatic heterocycles. The van der Waals surface area contributed by atoms with E-state index in [0.717, 1.165) is 17.5 Å². The number of carboxylic acid groups (broad SMARTS) is 1. The first-order valence-electron chi connectivity index (χ1n) is 13.6. The Balaban J connectivity index is 1.40. The van der Waals surface area contributed by atoms with Crippen molar-refractivity contribution in [2.24, 2.45) is 0 Å². The van der Waals surface area contributed by atoms with Crippen molar-refractivity contribution in [1.29, 1.82) is 0 Å². The fraction of sp³-hybridized carbons (Fsp3) is 0.393. The van der Waals surface area contributed by atoms with E-state index in [1.807, 2.05) is 17.1 Å². The zero-order valence-electron chi connectivity index (χ0n) is 22.8.